The van der Waals surface area contributed by atoms with Gasteiger partial charge in [0, 0.05) is 30.6 Å². The van der Waals surface area contributed by atoms with Crippen LogP contribution >= 0.6 is 15.9 Å². The topological polar surface area (TPSA) is 94.5 Å². The molecule has 1 atom stereocenters. The second kappa shape index (κ2) is 12.6. The van der Waals surface area contributed by atoms with Gasteiger partial charge in [-0.25, -0.2) is 4.79 Å². The molecule has 0 saturated heterocycles. The maximum atomic E-state index is 13.3. The average Bonchev–Trinajstić information content (AvgIpc) is 3.35. The molecule has 1 N–H and O–H groups in total. The molecule has 4 rings (SSSR count). The molecule has 0 aromatic heterocycles. The number of carboxylic acid groups (broad SMARTS) is 1. The summed E-state index contributed by atoms with van der Waals surface area (Å²) in [6, 6.07) is 20.5. The Labute approximate surface area is 223 Å². The molecule has 3 aromatic carbocycles. The molecular weight excluding hydrogens is 542 g/mol. The number of carbonyl (C=O) groups excluding carboxylic acids is 1. The number of aliphatic carboxylic acids is 1. The molecule has 3 aromatic rings. The summed E-state index contributed by atoms with van der Waals surface area (Å²) >= 11 is 3.49. The van der Waals surface area contributed by atoms with Crippen LogP contribution in [0.3, 0.4) is 0 Å². The first-order chi connectivity index (χ1) is 17.9. The molecule has 194 valence electrons. The Hall–Kier alpha value is -3.56. The lowest BCUT2D eigenvalue weighted by atomic mass is 10.1. The number of ether oxygens (including phenoxy) is 4. The molecule has 9 heteroatoms. The Bertz CT molecular complexity index is 1230. The molecular formula is C28H28BrNO7. The van der Waals surface area contributed by atoms with Crippen LogP contribution in [-0.4, -0.2) is 48.0 Å². The number of halogens is 1. The molecule has 8 nitrogen and oxygen atoms in total. The maximum absolute atomic E-state index is 13.3. The largest absolute Gasteiger partial charge is 0.484 e. The van der Waals surface area contributed by atoms with E-state index in [4.69, 9.17) is 18.9 Å². The highest BCUT2D eigenvalue weighted by atomic mass is 79.9. The fourth-order valence-electron chi connectivity index (χ4n) is 3.94. The van der Waals surface area contributed by atoms with Crippen LogP contribution in [0.15, 0.2) is 71.2 Å². The van der Waals surface area contributed by atoms with Crippen molar-refractivity contribution >= 4 is 27.8 Å². The lowest BCUT2D eigenvalue weighted by molar-refractivity contribution is -0.150. The Morgan fingerprint density at radius 3 is 2.38 bits per heavy atom. The summed E-state index contributed by atoms with van der Waals surface area (Å²) < 4.78 is 22.9. The van der Waals surface area contributed by atoms with E-state index >= 15 is 0 Å². The monoisotopic (exact) mass is 569 g/mol. The zero-order valence-corrected chi connectivity index (χ0v) is 22.0. The quantitative estimate of drug-likeness (QED) is 0.334. The summed E-state index contributed by atoms with van der Waals surface area (Å²) in [6.45, 7) is 2.91. The van der Waals surface area contributed by atoms with Gasteiger partial charge in [0.2, 0.25) is 6.79 Å². The number of carbonyl (C=O) groups is 2. The van der Waals surface area contributed by atoms with Crippen molar-refractivity contribution in [3.63, 3.8) is 0 Å². The van der Waals surface area contributed by atoms with E-state index in [9.17, 15) is 14.7 Å². The molecule has 0 fully saturated rings. The van der Waals surface area contributed by atoms with Gasteiger partial charge in [-0.05, 0) is 60.0 Å². The third-order valence-electron chi connectivity index (χ3n) is 5.78. The summed E-state index contributed by atoms with van der Waals surface area (Å²) in [5.41, 5.74) is 2.70. The SMILES string of the molecule is CCO[C@@H](Cc1ccc(OCC(=O)N(Cc2cccc(Br)c2)Cc2ccc3c(c2)OCO3)cc1)C(=O)O. The molecule has 0 spiro atoms. The Morgan fingerprint density at radius 1 is 0.973 bits per heavy atom. The van der Waals surface area contributed by atoms with E-state index in [1.54, 1.807) is 36.1 Å². The van der Waals surface area contributed by atoms with Gasteiger partial charge in [-0.3, -0.25) is 4.79 Å². The second-order valence-electron chi connectivity index (χ2n) is 8.49. The highest BCUT2D eigenvalue weighted by Gasteiger charge is 2.20. The third-order valence-corrected chi connectivity index (χ3v) is 6.27. The minimum atomic E-state index is -0.999. The van der Waals surface area contributed by atoms with Crippen LogP contribution in [0.2, 0.25) is 0 Å². The number of benzene rings is 3. The molecule has 1 heterocycles. The Morgan fingerprint density at radius 2 is 1.68 bits per heavy atom. The standard InChI is InChI=1S/C28H28BrNO7/c1-2-34-26(28(32)33)13-19-6-9-23(10-7-19)35-17-27(31)30(15-20-4-3-5-22(29)12-20)16-21-8-11-24-25(14-21)37-18-36-24/h3-12,14,26H,2,13,15-18H2,1H3,(H,32,33)/t26-/m0/s1. The van der Waals surface area contributed by atoms with Crippen molar-refractivity contribution in [3.8, 4) is 17.2 Å². The van der Waals surface area contributed by atoms with Crippen LogP contribution in [-0.2, 0) is 33.8 Å². The lowest BCUT2D eigenvalue weighted by Gasteiger charge is -2.23. The fourth-order valence-corrected chi connectivity index (χ4v) is 4.39. The van der Waals surface area contributed by atoms with Crippen molar-refractivity contribution in [2.24, 2.45) is 0 Å². The highest BCUT2D eigenvalue weighted by molar-refractivity contribution is 9.10. The van der Waals surface area contributed by atoms with Crippen molar-refractivity contribution in [2.45, 2.75) is 32.5 Å². The molecule has 1 amide bonds. The van der Waals surface area contributed by atoms with Gasteiger partial charge in [0.05, 0.1) is 0 Å². The Balaban J connectivity index is 1.41. The zero-order chi connectivity index (χ0) is 26.2. The van der Waals surface area contributed by atoms with E-state index in [0.29, 0.717) is 36.9 Å². The van der Waals surface area contributed by atoms with Crippen LogP contribution in [0.1, 0.15) is 23.6 Å². The van der Waals surface area contributed by atoms with Gasteiger partial charge in [0.15, 0.2) is 24.2 Å². The number of nitrogens with zero attached hydrogens (tertiary/aromatic N) is 1. The number of carboxylic acids is 1. The van der Waals surface area contributed by atoms with E-state index < -0.39 is 12.1 Å². The first-order valence-corrected chi connectivity index (χ1v) is 12.7. The number of hydrogen-bond acceptors (Lipinski definition) is 6. The molecule has 0 aliphatic carbocycles. The molecule has 37 heavy (non-hydrogen) atoms. The van der Waals surface area contributed by atoms with Crippen molar-refractivity contribution in [1.29, 1.82) is 0 Å². The second-order valence-corrected chi connectivity index (χ2v) is 9.40. The summed E-state index contributed by atoms with van der Waals surface area (Å²) in [6.07, 6.45) is -0.653. The molecule has 0 unspecified atom stereocenters. The number of rotatable bonds is 12. The van der Waals surface area contributed by atoms with E-state index in [1.165, 1.54) is 0 Å². The predicted molar refractivity (Wildman–Crippen MR) is 140 cm³/mol. The molecule has 0 radical (unpaired) electrons. The minimum Gasteiger partial charge on any atom is -0.484 e. The number of amides is 1. The van der Waals surface area contributed by atoms with Crippen LogP contribution < -0.4 is 14.2 Å². The van der Waals surface area contributed by atoms with Crippen LogP contribution in [0.25, 0.3) is 0 Å². The molecule has 1 aliphatic rings. The fraction of sp³-hybridized carbons (Fsp3) is 0.286. The van der Waals surface area contributed by atoms with E-state index in [2.05, 4.69) is 15.9 Å². The van der Waals surface area contributed by atoms with Crippen molar-refractivity contribution in [1.82, 2.24) is 4.90 Å². The van der Waals surface area contributed by atoms with Crippen LogP contribution in [0, 0.1) is 0 Å². The summed E-state index contributed by atoms with van der Waals surface area (Å²) in [5, 5.41) is 9.28. The van der Waals surface area contributed by atoms with Gasteiger partial charge in [-0.2, -0.15) is 0 Å². The number of fused-ring (bicyclic) bond motifs is 1. The molecule has 1 aliphatic heterocycles. The Kier molecular flexibility index (Phi) is 9.03. The van der Waals surface area contributed by atoms with Gasteiger partial charge in [-0.15, -0.1) is 0 Å². The first-order valence-electron chi connectivity index (χ1n) is 11.9. The van der Waals surface area contributed by atoms with Gasteiger partial charge >= 0.3 is 5.97 Å². The van der Waals surface area contributed by atoms with E-state index in [0.717, 1.165) is 21.2 Å². The lowest BCUT2D eigenvalue weighted by Crippen LogP contribution is -2.34. The van der Waals surface area contributed by atoms with Gasteiger partial charge in [-0.1, -0.05) is 46.3 Å². The van der Waals surface area contributed by atoms with Crippen molar-refractivity contribution in [2.75, 3.05) is 20.0 Å². The summed E-state index contributed by atoms with van der Waals surface area (Å²) in [4.78, 5) is 26.3. The van der Waals surface area contributed by atoms with Crippen molar-refractivity contribution < 1.29 is 33.6 Å². The first kappa shape index (κ1) is 26.5. The van der Waals surface area contributed by atoms with Crippen LogP contribution in [0.5, 0.6) is 17.2 Å². The van der Waals surface area contributed by atoms with Gasteiger partial charge in [0.25, 0.3) is 5.91 Å². The van der Waals surface area contributed by atoms with Gasteiger partial charge < -0.3 is 29.0 Å². The average molecular weight is 570 g/mol. The normalized spacial score (nSPS) is 12.7. The smallest absolute Gasteiger partial charge is 0.333 e. The third kappa shape index (κ3) is 7.47. The van der Waals surface area contributed by atoms with E-state index in [-0.39, 0.29) is 25.7 Å². The van der Waals surface area contributed by atoms with Gasteiger partial charge in [0.1, 0.15) is 5.75 Å². The van der Waals surface area contributed by atoms with Crippen LogP contribution in [0.4, 0.5) is 0 Å². The zero-order valence-electron chi connectivity index (χ0n) is 20.4. The minimum absolute atomic E-state index is 0.144. The summed E-state index contributed by atoms with van der Waals surface area (Å²) in [7, 11) is 0. The van der Waals surface area contributed by atoms with Crippen molar-refractivity contribution in [3.05, 3.63) is 87.9 Å². The summed E-state index contributed by atoms with van der Waals surface area (Å²) in [5.74, 6) is 0.699. The number of hydrogen-bond donors (Lipinski definition) is 1. The highest BCUT2D eigenvalue weighted by Crippen LogP contribution is 2.33. The van der Waals surface area contributed by atoms with E-state index in [1.807, 2.05) is 42.5 Å². The molecule has 0 bridgehead atoms. The predicted octanol–water partition coefficient (Wildman–Crippen LogP) is 4.82. The molecule has 0 saturated carbocycles. The maximum Gasteiger partial charge on any atom is 0.333 e.